The van der Waals surface area contributed by atoms with E-state index in [1.54, 1.807) is 18.2 Å². The molecule has 1 amide bonds. The molecule has 0 fully saturated rings. The predicted molar refractivity (Wildman–Crippen MR) is 72.8 cm³/mol. The third-order valence-electron chi connectivity index (χ3n) is 2.52. The van der Waals surface area contributed by atoms with E-state index < -0.39 is 5.97 Å². The maximum atomic E-state index is 11.8. The maximum absolute atomic E-state index is 11.8. The highest BCUT2D eigenvalue weighted by Crippen LogP contribution is 2.26. The van der Waals surface area contributed by atoms with Gasteiger partial charge in [0.1, 0.15) is 6.54 Å². The Morgan fingerprint density at radius 3 is 2.30 bits per heavy atom. The van der Waals surface area contributed by atoms with E-state index in [1.165, 1.54) is 19.1 Å². The van der Waals surface area contributed by atoms with Crippen molar-refractivity contribution in [1.82, 2.24) is 4.90 Å². The predicted octanol–water partition coefficient (Wildman–Crippen LogP) is 1.10. The number of carbonyl (C=O) groups excluding carboxylic acids is 2. The Kier molecular flexibility index (Phi) is 6.36. The second-order valence-electron chi connectivity index (χ2n) is 3.99. The second kappa shape index (κ2) is 8.04. The monoisotopic (exact) mass is 281 g/mol. The molecule has 0 aromatic heterocycles. The molecule has 0 aliphatic carbocycles. The first kappa shape index (κ1) is 15.8. The number of likely N-dealkylation sites (N-methyl/N-ethyl adjacent to an activating group) is 1. The molecule has 6 heteroatoms. The second-order valence-corrected chi connectivity index (χ2v) is 3.99. The zero-order valence-electron chi connectivity index (χ0n) is 11.9. The molecule has 0 bridgehead atoms. The lowest BCUT2D eigenvalue weighted by Gasteiger charge is -2.17. The molecular formula is C14H19NO5. The number of ether oxygens (including phenoxy) is 3. The van der Waals surface area contributed by atoms with Gasteiger partial charge in [0.05, 0.1) is 13.7 Å². The lowest BCUT2D eigenvalue weighted by atomic mass is 10.3. The quantitative estimate of drug-likeness (QED) is 0.700. The molecule has 0 spiro atoms. The Hall–Kier alpha value is -2.24. The molecule has 0 radical (unpaired) electrons. The molecule has 0 heterocycles. The van der Waals surface area contributed by atoms with Gasteiger partial charge in [0.25, 0.3) is 5.91 Å². The molecule has 0 saturated heterocycles. The fraction of sp³-hybridized carbons (Fsp3) is 0.429. The largest absolute Gasteiger partial charge is 0.490 e. The zero-order valence-corrected chi connectivity index (χ0v) is 11.9. The van der Waals surface area contributed by atoms with Crippen LogP contribution in [0.15, 0.2) is 24.3 Å². The van der Waals surface area contributed by atoms with Crippen LogP contribution in [0.5, 0.6) is 11.5 Å². The zero-order chi connectivity index (χ0) is 15.0. The lowest BCUT2D eigenvalue weighted by Crippen LogP contribution is -2.35. The van der Waals surface area contributed by atoms with Crippen molar-refractivity contribution in [2.45, 2.75) is 6.92 Å². The minimum atomic E-state index is -0.476. The Morgan fingerprint density at radius 1 is 1.15 bits per heavy atom. The van der Waals surface area contributed by atoms with Gasteiger partial charge in [-0.15, -0.1) is 0 Å². The van der Waals surface area contributed by atoms with E-state index in [9.17, 15) is 9.59 Å². The van der Waals surface area contributed by atoms with Gasteiger partial charge >= 0.3 is 5.97 Å². The van der Waals surface area contributed by atoms with Crippen LogP contribution in [0.25, 0.3) is 0 Å². The molecule has 0 saturated carbocycles. The number of benzene rings is 1. The van der Waals surface area contributed by atoms with Crippen LogP contribution < -0.4 is 9.47 Å². The van der Waals surface area contributed by atoms with E-state index in [-0.39, 0.29) is 19.1 Å². The van der Waals surface area contributed by atoms with E-state index in [0.717, 1.165) is 0 Å². The molecular weight excluding hydrogens is 262 g/mol. The minimum absolute atomic E-state index is 0.105. The highest BCUT2D eigenvalue weighted by molar-refractivity contribution is 5.82. The van der Waals surface area contributed by atoms with Crippen LogP contribution in [0.1, 0.15) is 6.92 Å². The molecule has 1 rings (SSSR count). The van der Waals surface area contributed by atoms with Crippen LogP contribution in [-0.2, 0) is 14.3 Å². The Balaban J connectivity index is 2.54. The molecule has 1 aromatic carbocycles. The molecule has 0 aliphatic rings. The van der Waals surface area contributed by atoms with Crippen molar-refractivity contribution in [2.75, 3.05) is 33.9 Å². The Morgan fingerprint density at radius 2 is 1.75 bits per heavy atom. The number of hydrogen-bond acceptors (Lipinski definition) is 5. The molecule has 20 heavy (non-hydrogen) atoms. The highest BCUT2D eigenvalue weighted by atomic mass is 16.5. The van der Waals surface area contributed by atoms with Gasteiger partial charge in [-0.25, -0.2) is 0 Å². The fourth-order valence-electron chi connectivity index (χ4n) is 1.44. The Labute approximate surface area is 118 Å². The number of methoxy groups -OCH3 is 1. The van der Waals surface area contributed by atoms with Crippen LogP contribution in [0.3, 0.4) is 0 Å². The first-order chi connectivity index (χ1) is 9.58. The molecule has 1 aromatic rings. The van der Waals surface area contributed by atoms with Crippen LogP contribution in [-0.4, -0.2) is 50.7 Å². The number of para-hydroxylation sites is 2. The first-order valence-corrected chi connectivity index (χ1v) is 6.23. The standard InChI is InChI=1S/C14H19NO5/c1-4-19-11-7-5-6-8-12(11)20-10-13(16)15(2)9-14(17)18-3/h5-8H,4,9-10H2,1-3H3. The van der Waals surface area contributed by atoms with Gasteiger partial charge in [-0.3, -0.25) is 9.59 Å². The normalized spacial score (nSPS) is 9.75. The summed E-state index contributed by atoms with van der Waals surface area (Å²) < 4.78 is 15.3. The van der Waals surface area contributed by atoms with E-state index >= 15 is 0 Å². The van der Waals surface area contributed by atoms with Crippen molar-refractivity contribution < 1.29 is 23.8 Å². The molecule has 6 nitrogen and oxygen atoms in total. The van der Waals surface area contributed by atoms with Crippen LogP contribution >= 0.6 is 0 Å². The summed E-state index contributed by atoms with van der Waals surface area (Å²) in [7, 11) is 2.78. The first-order valence-electron chi connectivity index (χ1n) is 6.23. The molecule has 0 unspecified atom stereocenters. The Bertz CT molecular complexity index is 461. The van der Waals surface area contributed by atoms with Crippen molar-refractivity contribution >= 4 is 11.9 Å². The van der Waals surface area contributed by atoms with Gasteiger partial charge in [0.15, 0.2) is 18.1 Å². The molecule has 110 valence electrons. The summed E-state index contributed by atoms with van der Waals surface area (Å²) in [6.07, 6.45) is 0. The fourth-order valence-corrected chi connectivity index (χ4v) is 1.44. The number of hydrogen-bond donors (Lipinski definition) is 0. The average molecular weight is 281 g/mol. The van der Waals surface area contributed by atoms with Gasteiger partial charge in [0, 0.05) is 7.05 Å². The van der Waals surface area contributed by atoms with Crippen molar-refractivity contribution in [3.8, 4) is 11.5 Å². The van der Waals surface area contributed by atoms with E-state index in [0.29, 0.717) is 18.1 Å². The molecule has 0 aliphatic heterocycles. The summed E-state index contributed by atoms with van der Waals surface area (Å²) >= 11 is 0. The molecule has 0 atom stereocenters. The third kappa shape index (κ3) is 4.79. The van der Waals surface area contributed by atoms with E-state index in [2.05, 4.69) is 4.74 Å². The van der Waals surface area contributed by atoms with Gasteiger partial charge in [-0.2, -0.15) is 0 Å². The van der Waals surface area contributed by atoms with Crippen molar-refractivity contribution in [3.05, 3.63) is 24.3 Å². The van der Waals surface area contributed by atoms with Crippen LogP contribution in [0, 0.1) is 0 Å². The van der Waals surface area contributed by atoms with Gasteiger partial charge < -0.3 is 19.1 Å². The van der Waals surface area contributed by atoms with Crippen molar-refractivity contribution in [2.24, 2.45) is 0 Å². The summed E-state index contributed by atoms with van der Waals surface area (Å²) in [4.78, 5) is 24.1. The van der Waals surface area contributed by atoms with Crippen molar-refractivity contribution in [1.29, 1.82) is 0 Å². The average Bonchev–Trinajstić information content (AvgIpc) is 2.46. The van der Waals surface area contributed by atoms with Crippen LogP contribution in [0.2, 0.25) is 0 Å². The molecule has 0 N–H and O–H groups in total. The topological polar surface area (TPSA) is 65.1 Å². The van der Waals surface area contributed by atoms with Gasteiger partial charge in [0.2, 0.25) is 0 Å². The number of nitrogens with zero attached hydrogens (tertiary/aromatic N) is 1. The van der Waals surface area contributed by atoms with E-state index in [1.807, 2.05) is 13.0 Å². The smallest absolute Gasteiger partial charge is 0.325 e. The lowest BCUT2D eigenvalue weighted by molar-refractivity contribution is -0.146. The summed E-state index contributed by atoms with van der Waals surface area (Å²) in [5.74, 6) is 0.282. The SMILES string of the molecule is CCOc1ccccc1OCC(=O)N(C)CC(=O)OC. The number of amides is 1. The van der Waals surface area contributed by atoms with Gasteiger partial charge in [-0.05, 0) is 19.1 Å². The van der Waals surface area contributed by atoms with Crippen molar-refractivity contribution in [3.63, 3.8) is 0 Å². The summed E-state index contributed by atoms with van der Waals surface area (Å²) in [6, 6.07) is 7.10. The van der Waals surface area contributed by atoms with E-state index in [4.69, 9.17) is 9.47 Å². The summed E-state index contributed by atoms with van der Waals surface area (Å²) in [6.45, 7) is 2.10. The summed E-state index contributed by atoms with van der Waals surface area (Å²) in [5.41, 5.74) is 0. The highest BCUT2D eigenvalue weighted by Gasteiger charge is 2.14. The van der Waals surface area contributed by atoms with Crippen LogP contribution in [0.4, 0.5) is 0 Å². The maximum Gasteiger partial charge on any atom is 0.325 e. The third-order valence-corrected chi connectivity index (χ3v) is 2.52. The summed E-state index contributed by atoms with van der Waals surface area (Å²) in [5, 5.41) is 0. The number of carbonyl (C=O) groups is 2. The number of esters is 1. The number of rotatable bonds is 7. The minimum Gasteiger partial charge on any atom is -0.490 e. The van der Waals surface area contributed by atoms with Gasteiger partial charge in [-0.1, -0.05) is 12.1 Å².